The fourth-order valence-electron chi connectivity index (χ4n) is 1.89. The number of hydrogen-bond donors (Lipinski definition) is 0. The first kappa shape index (κ1) is 14.1. The highest BCUT2D eigenvalue weighted by molar-refractivity contribution is 6.08. The molecule has 0 saturated heterocycles. The summed E-state index contributed by atoms with van der Waals surface area (Å²) < 4.78 is 0. The predicted molar refractivity (Wildman–Crippen MR) is 82.7 cm³/mol. The van der Waals surface area contributed by atoms with E-state index in [1.54, 1.807) is 0 Å². The van der Waals surface area contributed by atoms with Gasteiger partial charge in [-0.3, -0.25) is 4.79 Å². The van der Waals surface area contributed by atoms with E-state index in [4.69, 9.17) is 0 Å². The van der Waals surface area contributed by atoms with E-state index in [0.29, 0.717) is 11.1 Å². The fourth-order valence-corrected chi connectivity index (χ4v) is 1.89. The predicted octanol–water partition coefficient (Wildman–Crippen LogP) is 4.46. The minimum atomic E-state index is 0.0519. The molecule has 2 aromatic carbocycles. The van der Waals surface area contributed by atoms with Crippen LogP contribution in [0.2, 0.25) is 0 Å². The van der Waals surface area contributed by atoms with Crippen LogP contribution in [0.4, 0.5) is 0 Å². The maximum absolute atomic E-state index is 12.2. The Balaban J connectivity index is 2.08. The number of carbonyl (C=O) groups is 1. The summed E-state index contributed by atoms with van der Waals surface area (Å²) in [6.07, 6.45) is 3.23. The first-order valence-electron chi connectivity index (χ1n) is 7.00. The Morgan fingerprint density at radius 3 is 2.25 bits per heavy atom. The summed E-state index contributed by atoms with van der Waals surface area (Å²) in [4.78, 5) is 12.2. The van der Waals surface area contributed by atoms with Crippen molar-refractivity contribution in [2.75, 3.05) is 0 Å². The molecule has 0 aliphatic rings. The molecule has 100 valence electrons. The zero-order valence-electron chi connectivity index (χ0n) is 11.7. The lowest BCUT2D eigenvalue weighted by molar-refractivity contribution is 0.103. The molecule has 0 fully saturated rings. The normalized spacial score (nSPS) is 9.65. The van der Waals surface area contributed by atoms with Crippen molar-refractivity contribution in [1.29, 1.82) is 0 Å². The average molecular weight is 262 g/mol. The topological polar surface area (TPSA) is 17.1 Å². The highest BCUT2D eigenvalue weighted by atomic mass is 16.1. The Morgan fingerprint density at radius 2 is 1.60 bits per heavy atom. The molecule has 0 heterocycles. The lowest BCUT2D eigenvalue weighted by atomic mass is 10.0. The Kier molecular flexibility index (Phi) is 5.15. The van der Waals surface area contributed by atoms with Gasteiger partial charge in [0.1, 0.15) is 0 Å². The highest BCUT2D eigenvalue weighted by Gasteiger charge is 2.07. The molecule has 0 saturated carbocycles. The molecule has 0 spiro atoms. The molecule has 2 rings (SSSR count). The average Bonchev–Trinajstić information content (AvgIpc) is 2.52. The molecule has 0 amide bonds. The standard InChI is InChI=1S/C19H18O/c1-2-3-4-6-9-16-12-14-18(15-13-16)19(20)17-10-7-5-8-11-17/h5,7-8,10-15H,2-4H2,1H3. The van der Waals surface area contributed by atoms with Gasteiger partial charge in [0.25, 0.3) is 0 Å². The van der Waals surface area contributed by atoms with E-state index in [1.165, 1.54) is 6.42 Å². The minimum Gasteiger partial charge on any atom is -0.289 e. The number of rotatable bonds is 4. The first-order valence-corrected chi connectivity index (χ1v) is 7.00. The monoisotopic (exact) mass is 262 g/mol. The number of ketones is 1. The van der Waals surface area contributed by atoms with E-state index in [-0.39, 0.29) is 5.78 Å². The van der Waals surface area contributed by atoms with Gasteiger partial charge in [-0.2, -0.15) is 0 Å². The van der Waals surface area contributed by atoms with Crippen LogP contribution in [-0.2, 0) is 0 Å². The summed E-state index contributed by atoms with van der Waals surface area (Å²) in [6.45, 7) is 2.16. The summed E-state index contributed by atoms with van der Waals surface area (Å²) in [5.74, 6) is 6.32. The van der Waals surface area contributed by atoms with Gasteiger partial charge in [-0.25, -0.2) is 0 Å². The highest BCUT2D eigenvalue weighted by Crippen LogP contribution is 2.10. The molecular weight excluding hydrogens is 244 g/mol. The maximum Gasteiger partial charge on any atom is 0.193 e. The van der Waals surface area contributed by atoms with Crippen LogP contribution in [0.1, 0.15) is 47.7 Å². The van der Waals surface area contributed by atoms with Crippen molar-refractivity contribution in [2.45, 2.75) is 26.2 Å². The molecule has 2 aromatic rings. The zero-order chi connectivity index (χ0) is 14.2. The Labute approximate surface area is 120 Å². The van der Waals surface area contributed by atoms with Crippen molar-refractivity contribution >= 4 is 5.78 Å². The van der Waals surface area contributed by atoms with Crippen LogP contribution in [0.15, 0.2) is 54.6 Å². The molecule has 1 nitrogen and oxygen atoms in total. The van der Waals surface area contributed by atoms with Gasteiger partial charge in [0.2, 0.25) is 0 Å². The summed E-state index contributed by atoms with van der Waals surface area (Å²) in [6, 6.07) is 16.8. The quantitative estimate of drug-likeness (QED) is 0.451. The van der Waals surface area contributed by atoms with Gasteiger partial charge in [-0.05, 0) is 30.7 Å². The van der Waals surface area contributed by atoms with Crippen molar-refractivity contribution in [1.82, 2.24) is 0 Å². The van der Waals surface area contributed by atoms with Crippen molar-refractivity contribution in [2.24, 2.45) is 0 Å². The Hall–Kier alpha value is -2.33. The molecule has 0 aliphatic carbocycles. The van der Waals surface area contributed by atoms with Crippen LogP contribution in [0.3, 0.4) is 0 Å². The van der Waals surface area contributed by atoms with Gasteiger partial charge in [0.15, 0.2) is 5.78 Å². The van der Waals surface area contributed by atoms with Crippen LogP contribution < -0.4 is 0 Å². The smallest absolute Gasteiger partial charge is 0.193 e. The minimum absolute atomic E-state index is 0.0519. The molecule has 0 N–H and O–H groups in total. The van der Waals surface area contributed by atoms with Crippen molar-refractivity contribution < 1.29 is 4.79 Å². The lowest BCUT2D eigenvalue weighted by Gasteiger charge is -2.01. The van der Waals surface area contributed by atoms with E-state index in [9.17, 15) is 4.79 Å². The van der Waals surface area contributed by atoms with Crippen molar-refractivity contribution in [3.8, 4) is 11.8 Å². The summed E-state index contributed by atoms with van der Waals surface area (Å²) in [5.41, 5.74) is 2.38. The van der Waals surface area contributed by atoms with Crippen LogP contribution in [0.5, 0.6) is 0 Å². The molecule has 20 heavy (non-hydrogen) atoms. The number of unbranched alkanes of at least 4 members (excludes halogenated alkanes) is 2. The van der Waals surface area contributed by atoms with Gasteiger partial charge < -0.3 is 0 Å². The van der Waals surface area contributed by atoms with E-state index in [1.807, 2.05) is 54.6 Å². The molecule has 1 heteroatoms. The van der Waals surface area contributed by atoms with Gasteiger partial charge in [-0.15, -0.1) is 0 Å². The maximum atomic E-state index is 12.2. The van der Waals surface area contributed by atoms with Crippen LogP contribution in [-0.4, -0.2) is 5.78 Å². The second kappa shape index (κ2) is 7.31. The number of benzene rings is 2. The number of carbonyl (C=O) groups excluding carboxylic acids is 1. The lowest BCUT2D eigenvalue weighted by Crippen LogP contribution is -2.00. The summed E-state index contributed by atoms with van der Waals surface area (Å²) in [5, 5.41) is 0. The SMILES string of the molecule is CCCCC#Cc1ccc(C(=O)c2ccccc2)cc1. The molecule has 0 aromatic heterocycles. The molecule has 0 radical (unpaired) electrons. The van der Waals surface area contributed by atoms with Gasteiger partial charge >= 0.3 is 0 Å². The van der Waals surface area contributed by atoms with Gasteiger partial charge in [0.05, 0.1) is 0 Å². The third kappa shape index (κ3) is 3.83. The Morgan fingerprint density at radius 1 is 0.950 bits per heavy atom. The second-order valence-corrected chi connectivity index (χ2v) is 4.68. The zero-order valence-corrected chi connectivity index (χ0v) is 11.7. The van der Waals surface area contributed by atoms with Crippen LogP contribution in [0.25, 0.3) is 0 Å². The van der Waals surface area contributed by atoms with Crippen molar-refractivity contribution in [3.63, 3.8) is 0 Å². The largest absolute Gasteiger partial charge is 0.289 e. The van der Waals surface area contributed by atoms with Crippen LogP contribution in [0, 0.1) is 11.8 Å². The summed E-state index contributed by atoms with van der Waals surface area (Å²) >= 11 is 0. The van der Waals surface area contributed by atoms with Gasteiger partial charge in [0, 0.05) is 23.1 Å². The second-order valence-electron chi connectivity index (χ2n) is 4.68. The summed E-state index contributed by atoms with van der Waals surface area (Å²) in [7, 11) is 0. The Bertz CT molecular complexity index is 612. The van der Waals surface area contributed by atoms with Crippen LogP contribution >= 0.6 is 0 Å². The van der Waals surface area contributed by atoms with E-state index < -0.39 is 0 Å². The molecule has 0 aliphatic heterocycles. The molecular formula is C19H18O. The first-order chi connectivity index (χ1) is 9.81. The van der Waals surface area contributed by atoms with E-state index in [0.717, 1.165) is 18.4 Å². The molecule has 0 bridgehead atoms. The third-order valence-electron chi connectivity index (χ3n) is 3.07. The van der Waals surface area contributed by atoms with Crippen molar-refractivity contribution in [3.05, 3.63) is 71.3 Å². The molecule has 0 unspecified atom stereocenters. The van der Waals surface area contributed by atoms with E-state index >= 15 is 0 Å². The molecule has 0 atom stereocenters. The third-order valence-corrected chi connectivity index (χ3v) is 3.07. The van der Waals surface area contributed by atoms with E-state index in [2.05, 4.69) is 18.8 Å². The number of hydrogen-bond acceptors (Lipinski definition) is 1. The fraction of sp³-hybridized carbons (Fsp3) is 0.211. The van der Waals surface area contributed by atoms with Gasteiger partial charge in [-0.1, -0.05) is 55.5 Å².